The Hall–Kier alpha value is -2.52. The molecule has 0 saturated carbocycles. The summed E-state index contributed by atoms with van der Waals surface area (Å²) in [5.74, 6) is -1.03. The molecule has 10 heteroatoms. The van der Waals surface area contributed by atoms with Crippen LogP contribution >= 0.6 is 0 Å². The van der Waals surface area contributed by atoms with Gasteiger partial charge in [-0.3, -0.25) is 9.59 Å². The van der Waals surface area contributed by atoms with Gasteiger partial charge in [-0.2, -0.15) is 26.3 Å². The number of rotatable bonds is 5. The molecule has 1 unspecified atom stereocenters. The molecule has 2 amide bonds. The van der Waals surface area contributed by atoms with Crippen LogP contribution in [0.3, 0.4) is 0 Å². The smallest absolute Gasteiger partial charge is 0.355 e. The van der Waals surface area contributed by atoms with Crippen LogP contribution < -0.4 is 5.32 Å². The lowest BCUT2D eigenvalue weighted by Gasteiger charge is -2.17. The van der Waals surface area contributed by atoms with Crippen LogP contribution in [0.25, 0.3) is 0 Å². The molecule has 2 rings (SSSR count). The average molecular weight is 408 g/mol. The minimum Gasteiger partial charge on any atom is -0.355 e. The van der Waals surface area contributed by atoms with Crippen molar-refractivity contribution in [1.82, 2.24) is 10.2 Å². The normalized spacial score (nSPS) is 17.5. The monoisotopic (exact) mass is 408 g/mol. The fourth-order valence-electron chi connectivity index (χ4n) is 2.99. The van der Waals surface area contributed by atoms with Crippen LogP contribution in [0.1, 0.15) is 23.1 Å². The number of nitrogens with zero attached hydrogens (tertiary/aromatic N) is 1. The van der Waals surface area contributed by atoms with E-state index in [1.807, 2.05) is 0 Å². The van der Waals surface area contributed by atoms with E-state index in [0.29, 0.717) is 31.6 Å². The molecule has 0 aromatic heterocycles. The van der Waals surface area contributed by atoms with Crippen molar-refractivity contribution in [3.05, 3.63) is 47.5 Å². The quantitative estimate of drug-likeness (QED) is 0.600. The van der Waals surface area contributed by atoms with Crippen molar-refractivity contribution in [3.8, 4) is 0 Å². The topological polar surface area (TPSA) is 49.4 Å². The summed E-state index contributed by atoms with van der Waals surface area (Å²) in [6.45, 7) is 4.41. The van der Waals surface area contributed by atoms with Gasteiger partial charge < -0.3 is 10.2 Å². The standard InChI is InChI=1S/C18H18F6N2O2/c1-2-16(28)26-6-5-11(10-26)9-25-15(27)7-12-3-4-13(17(19,20)21)8-14(12)18(22,23)24/h2-4,8,11H,1,5-7,9-10H2,(H,25,27). The highest BCUT2D eigenvalue weighted by atomic mass is 19.4. The zero-order chi connectivity index (χ0) is 21.1. The number of carbonyl (C=O) groups is 2. The first-order valence-electron chi connectivity index (χ1n) is 8.37. The van der Waals surface area contributed by atoms with Crippen molar-refractivity contribution >= 4 is 11.8 Å². The minimum atomic E-state index is -5.02. The minimum absolute atomic E-state index is 0.0123. The maximum Gasteiger partial charge on any atom is 0.416 e. The van der Waals surface area contributed by atoms with Crippen molar-refractivity contribution in [2.24, 2.45) is 5.92 Å². The van der Waals surface area contributed by atoms with Gasteiger partial charge in [-0.1, -0.05) is 12.6 Å². The maximum atomic E-state index is 13.1. The van der Waals surface area contributed by atoms with E-state index in [4.69, 9.17) is 0 Å². The molecule has 0 bridgehead atoms. The molecule has 0 radical (unpaired) electrons. The van der Waals surface area contributed by atoms with Gasteiger partial charge >= 0.3 is 12.4 Å². The summed E-state index contributed by atoms with van der Waals surface area (Å²) in [4.78, 5) is 25.0. The summed E-state index contributed by atoms with van der Waals surface area (Å²) in [5.41, 5.74) is -3.45. The second-order valence-corrected chi connectivity index (χ2v) is 6.49. The summed E-state index contributed by atoms with van der Waals surface area (Å²) in [5, 5.41) is 2.48. The average Bonchev–Trinajstić information content (AvgIpc) is 3.06. The lowest BCUT2D eigenvalue weighted by Crippen LogP contribution is -2.33. The zero-order valence-corrected chi connectivity index (χ0v) is 14.7. The van der Waals surface area contributed by atoms with E-state index in [1.54, 1.807) is 4.90 Å². The molecule has 1 aliphatic rings. The van der Waals surface area contributed by atoms with Gasteiger partial charge in [-0.25, -0.2) is 0 Å². The predicted molar refractivity (Wildman–Crippen MR) is 88.0 cm³/mol. The molecule has 1 aliphatic heterocycles. The van der Waals surface area contributed by atoms with Crippen LogP contribution in [0.2, 0.25) is 0 Å². The van der Waals surface area contributed by atoms with Crippen LogP contribution in [-0.4, -0.2) is 36.3 Å². The number of halogens is 6. The Balaban J connectivity index is 2.02. The second-order valence-electron chi connectivity index (χ2n) is 6.49. The summed E-state index contributed by atoms with van der Waals surface area (Å²) < 4.78 is 77.3. The fraction of sp³-hybridized carbons (Fsp3) is 0.444. The molecule has 1 aromatic carbocycles. The first-order chi connectivity index (χ1) is 12.9. The van der Waals surface area contributed by atoms with Crippen LogP contribution in [-0.2, 0) is 28.4 Å². The number of likely N-dealkylation sites (tertiary alicyclic amines) is 1. The number of hydrogen-bond donors (Lipinski definition) is 1. The lowest BCUT2D eigenvalue weighted by molar-refractivity contribution is -0.143. The molecule has 0 aliphatic carbocycles. The van der Waals surface area contributed by atoms with Gasteiger partial charge in [-0.15, -0.1) is 0 Å². The van der Waals surface area contributed by atoms with Crippen LogP contribution in [0.5, 0.6) is 0 Å². The van der Waals surface area contributed by atoms with Gasteiger partial charge in [-0.05, 0) is 36.1 Å². The molecule has 1 heterocycles. The van der Waals surface area contributed by atoms with E-state index >= 15 is 0 Å². The Labute approximate surface area is 157 Å². The molecule has 28 heavy (non-hydrogen) atoms. The number of nitrogens with one attached hydrogen (secondary N) is 1. The number of alkyl halides is 6. The Kier molecular flexibility index (Phi) is 6.41. The third-order valence-corrected chi connectivity index (χ3v) is 4.45. The van der Waals surface area contributed by atoms with Gasteiger partial charge in [0, 0.05) is 19.6 Å². The molecule has 1 N–H and O–H groups in total. The lowest BCUT2D eigenvalue weighted by atomic mass is 10.00. The Morgan fingerprint density at radius 1 is 1.18 bits per heavy atom. The summed E-state index contributed by atoms with van der Waals surface area (Å²) in [7, 11) is 0. The Morgan fingerprint density at radius 3 is 2.43 bits per heavy atom. The van der Waals surface area contributed by atoms with Crippen LogP contribution in [0, 0.1) is 5.92 Å². The van der Waals surface area contributed by atoms with E-state index in [2.05, 4.69) is 11.9 Å². The molecule has 1 saturated heterocycles. The summed E-state index contributed by atoms with van der Waals surface area (Å²) in [6, 6.07) is 1.21. The van der Waals surface area contributed by atoms with Gasteiger partial charge in [0.05, 0.1) is 17.5 Å². The second kappa shape index (κ2) is 8.24. The van der Waals surface area contributed by atoms with Crippen molar-refractivity contribution in [2.75, 3.05) is 19.6 Å². The molecule has 1 atom stereocenters. The number of carbonyl (C=O) groups excluding carboxylic acids is 2. The molecule has 4 nitrogen and oxygen atoms in total. The molecule has 0 spiro atoms. The Morgan fingerprint density at radius 2 is 1.86 bits per heavy atom. The van der Waals surface area contributed by atoms with Gasteiger partial charge in [0.2, 0.25) is 11.8 Å². The number of amides is 2. The maximum absolute atomic E-state index is 13.1. The third-order valence-electron chi connectivity index (χ3n) is 4.45. The van der Waals surface area contributed by atoms with Crippen LogP contribution in [0.4, 0.5) is 26.3 Å². The van der Waals surface area contributed by atoms with E-state index in [-0.39, 0.29) is 24.4 Å². The van der Waals surface area contributed by atoms with Gasteiger partial charge in [0.15, 0.2) is 0 Å². The SMILES string of the molecule is C=CC(=O)N1CCC(CNC(=O)Cc2ccc(C(F)(F)F)cc2C(F)(F)F)C1. The van der Waals surface area contributed by atoms with E-state index < -0.39 is 41.4 Å². The first kappa shape index (κ1) is 21.8. The molecule has 154 valence electrons. The van der Waals surface area contributed by atoms with Crippen molar-refractivity contribution in [3.63, 3.8) is 0 Å². The molecular formula is C18H18F6N2O2. The predicted octanol–water partition coefficient (Wildman–Crippen LogP) is 3.42. The molecule has 1 aromatic rings. The highest BCUT2D eigenvalue weighted by Gasteiger charge is 2.38. The highest BCUT2D eigenvalue weighted by Crippen LogP contribution is 2.37. The van der Waals surface area contributed by atoms with Gasteiger partial charge in [0.1, 0.15) is 0 Å². The molecule has 1 fully saturated rings. The van der Waals surface area contributed by atoms with Crippen molar-refractivity contribution < 1.29 is 35.9 Å². The van der Waals surface area contributed by atoms with Crippen molar-refractivity contribution in [2.45, 2.75) is 25.2 Å². The third kappa shape index (κ3) is 5.49. The van der Waals surface area contributed by atoms with Gasteiger partial charge in [0.25, 0.3) is 0 Å². The fourth-order valence-corrected chi connectivity index (χ4v) is 2.99. The summed E-state index contributed by atoms with van der Waals surface area (Å²) in [6.07, 6.45) is -8.85. The van der Waals surface area contributed by atoms with E-state index in [1.165, 1.54) is 6.08 Å². The Bertz CT molecular complexity index is 757. The van der Waals surface area contributed by atoms with Crippen LogP contribution in [0.15, 0.2) is 30.9 Å². The zero-order valence-electron chi connectivity index (χ0n) is 14.7. The van der Waals surface area contributed by atoms with Crippen molar-refractivity contribution in [1.29, 1.82) is 0 Å². The molecular weight excluding hydrogens is 390 g/mol. The first-order valence-corrected chi connectivity index (χ1v) is 8.37. The largest absolute Gasteiger partial charge is 0.416 e. The van der Waals surface area contributed by atoms with E-state index in [0.717, 1.165) is 0 Å². The number of hydrogen-bond acceptors (Lipinski definition) is 2. The summed E-state index contributed by atoms with van der Waals surface area (Å²) >= 11 is 0. The highest BCUT2D eigenvalue weighted by molar-refractivity contribution is 5.87. The number of benzene rings is 1. The van der Waals surface area contributed by atoms with E-state index in [9.17, 15) is 35.9 Å².